The standard InChI is InChI=1S/C12H16N6.HI/c1-13-12(14-2)16-7-10-3-5-11(6-4-10)18-9-15-8-17-18;/h3-6,8-9H,7H2,1-2H3,(H2,13,14,16);1H. The van der Waals surface area contributed by atoms with E-state index >= 15 is 0 Å². The van der Waals surface area contributed by atoms with Gasteiger partial charge in [-0.2, -0.15) is 5.10 Å². The first-order valence-electron chi connectivity index (χ1n) is 5.66. The van der Waals surface area contributed by atoms with Gasteiger partial charge in [-0.3, -0.25) is 4.99 Å². The van der Waals surface area contributed by atoms with Gasteiger partial charge in [0.05, 0.1) is 5.69 Å². The molecule has 0 saturated heterocycles. The van der Waals surface area contributed by atoms with Crippen molar-refractivity contribution >= 4 is 29.9 Å². The topological polar surface area (TPSA) is 67.1 Å². The summed E-state index contributed by atoms with van der Waals surface area (Å²) in [7, 11) is 3.58. The van der Waals surface area contributed by atoms with Gasteiger partial charge < -0.3 is 10.6 Å². The number of nitrogens with zero attached hydrogens (tertiary/aromatic N) is 4. The molecule has 7 heteroatoms. The fourth-order valence-electron chi connectivity index (χ4n) is 1.57. The van der Waals surface area contributed by atoms with Gasteiger partial charge >= 0.3 is 0 Å². The van der Waals surface area contributed by atoms with E-state index in [0.29, 0.717) is 0 Å². The maximum atomic E-state index is 4.08. The highest BCUT2D eigenvalue weighted by atomic mass is 127. The molecule has 0 bridgehead atoms. The predicted octanol–water partition coefficient (Wildman–Crippen LogP) is 1.18. The third kappa shape index (κ3) is 4.19. The fourth-order valence-corrected chi connectivity index (χ4v) is 1.57. The number of aromatic nitrogens is 3. The molecule has 1 aromatic carbocycles. The van der Waals surface area contributed by atoms with Gasteiger partial charge in [0, 0.05) is 20.6 Å². The minimum Gasteiger partial charge on any atom is -0.359 e. The van der Waals surface area contributed by atoms with Crippen LogP contribution in [0.25, 0.3) is 5.69 Å². The van der Waals surface area contributed by atoms with Crippen molar-refractivity contribution in [2.75, 3.05) is 14.1 Å². The average Bonchev–Trinajstić information content (AvgIpc) is 2.94. The Balaban J connectivity index is 0.00000180. The van der Waals surface area contributed by atoms with Gasteiger partial charge in [0.25, 0.3) is 0 Å². The molecule has 0 spiro atoms. The zero-order valence-corrected chi connectivity index (χ0v) is 13.2. The van der Waals surface area contributed by atoms with Crippen LogP contribution in [0.1, 0.15) is 5.56 Å². The van der Waals surface area contributed by atoms with Gasteiger partial charge in [-0.05, 0) is 17.7 Å². The minimum absolute atomic E-state index is 0. The van der Waals surface area contributed by atoms with E-state index in [-0.39, 0.29) is 24.0 Å². The van der Waals surface area contributed by atoms with Crippen molar-refractivity contribution in [3.8, 4) is 5.69 Å². The molecular weight excluding hydrogens is 355 g/mol. The lowest BCUT2D eigenvalue weighted by molar-refractivity contribution is 0.856. The van der Waals surface area contributed by atoms with Crippen LogP contribution in [-0.2, 0) is 6.54 Å². The van der Waals surface area contributed by atoms with Crippen LogP contribution in [0.2, 0.25) is 0 Å². The zero-order valence-electron chi connectivity index (χ0n) is 10.9. The number of halogens is 1. The summed E-state index contributed by atoms with van der Waals surface area (Å²) in [6, 6.07) is 8.11. The molecule has 19 heavy (non-hydrogen) atoms. The van der Waals surface area contributed by atoms with Crippen molar-refractivity contribution in [1.29, 1.82) is 0 Å². The molecule has 0 saturated carbocycles. The van der Waals surface area contributed by atoms with E-state index in [9.17, 15) is 0 Å². The van der Waals surface area contributed by atoms with Crippen molar-refractivity contribution in [1.82, 2.24) is 25.4 Å². The van der Waals surface area contributed by atoms with Gasteiger partial charge in [0.2, 0.25) is 0 Å². The van der Waals surface area contributed by atoms with E-state index in [1.807, 2.05) is 31.3 Å². The third-order valence-corrected chi connectivity index (χ3v) is 2.54. The number of hydrogen-bond acceptors (Lipinski definition) is 3. The second-order valence-electron chi connectivity index (χ2n) is 3.68. The average molecular weight is 372 g/mol. The highest BCUT2D eigenvalue weighted by molar-refractivity contribution is 14.0. The molecule has 6 nitrogen and oxygen atoms in total. The van der Waals surface area contributed by atoms with E-state index in [1.54, 1.807) is 18.1 Å². The predicted molar refractivity (Wildman–Crippen MR) is 86.0 cm³/mol. The van der Waals surface area contributed by atoms with E-state index in [0.717, 1.165) is 18.2 Å². The number of guanidine groups is 1. The number of hydrogen-bond donors (Lipinski definition) is 2. The molecule has 0 atom stereocenters. The lowest BCUT2D eigenvalue weighted by atomic mass is 10.2. The van der Waals surface area contributed by atoms with Gasteiger partial charge in [-0.15, -0.1) is 24.0 Å². The van der Waals surface area contributed by atoms with E-state index < -0.39 is 0 Å². The molecule has 102 valence electrons. The number of benzene rings is 1. The van der Waals surface area contributed by atoms with Gasteiger partial charge in [-0.1, -0.05) is 12.1 Å². The Bertz CT molecular complexity index is 506. The van der Waals surface area contributed by atoms with Crippen LogP contribution in [0.3, 0.4) is 0 Å². The van der Waals surface area contributed by atoms with Crippen molar-refractivity contribution < 1.29 is 0 Å². The van der Waals surface area contributed by atoms with Gasteiger partial charge in [-0.25, -0.2) is 9.67 Å². The third-order valence-electron chi connectivity index (χ3n) is 2.54. The Kier molecular flexibility index (Phi) is 6.26. The van der Waals surface area contributed by atoms with Crippen LogP contribution < -0.4 is 10.6 Å². The molecule has 0 fully saturated rings. The van der Waals surface area contributed by atoms with E-state index in [1.165, 1.54) is 11.9 Å². The van der Waals surface area contributed by atoms with Gasteiger partial charge in [0.1, 0.15) is 12.7 Å². The Morgan fingerprint density at radius 2 is 2.05 bits per heavy atom. The van der Waals surface area contributed by atoms with Crippen LogP contribution in [0, 0.1) is 0 Å². The molecular formula is C12H17IN6. The van der Waals surface area contributed by atoms with E-state index in [2.05, 4.69) is 25.7 Å². The molecule has 2 aromatic rings. The number of aliphatic imine (C=N–C) groups is 1. The highest BCUT2D eigenvalue weighted by Crippen LogP contribution is 2.07. The summed E-state index contributed by atoms with van der Waals surface area (Å²) in [5.41, 5.74) is 2.17. The summed E-state index contributed by atoms with van der Waals surface area (Å²) in [5, 5.41) is 10.2. The lowest BCUT2D eigenvalue weighted by Gasteiger charge is -2.08. The summed E-state index contributed by atoms with van der Waals surface area (Å²) in [4.78, 5) is 7.97. The highest BCUT2D eigenvalue weighted by Gasteiger charge is 1.98. The Hall–Kier alpha value is -1.64. The molecule has 1 heterocycles. The summed E-state index contributed by atoms with van der Waals surface area (Å²) in [6.45, 7) is 0.727. The maximum Gasteiger partial charge on any atom is 0.190 e. The largest absolute Gasteiger partial charge is 0.359 e. The first-order valence-corrected chi connectivity index (χ1v) is 5.66. The smallest absolute Gasteiger partial charge is 0.190 e. The van der Waals surface area contributed by atoms with Crippen LogP contribution in [-0.4, -0.2) is 34.8 Å². The van der Waals surface area contributed by atoms with Crippen molar-refractivity contribution in [2.24, 2.45) is 4.99 Å². The molecule has 0 aliphatic heterocycles. The van der Waals surface area contributed by atoms with Crippen molar-refractivity contribution in [3.05, 3.63) is 42.5 Å². The van der Waals surface area contributed by atoms with Crippen LogP contribution >= 0.6 is 24.0 Å². The second kappa shape index (κ2) is 7.72. The molecule has 0 radical (unpaired) electrons. The van der Waals surface area contributed by atoms with Crippen LogP contribution in [0.15, 0.2) is 41.9 Å². The van der Waals surface area contributed by atoms with Crippen molar-refractivity contribution in [2.45, 2.75) is 6.54 Å². The Morgan fingerprint density at radius 1 is 1.32 bits per heavy atom. The Labute approximate surface area is 129 Å². The summed E-state index contributed by atoms with van der Waals surface area (Å²) in [5.74, 6) is 0.773. The molecule has 0 aliphatic rings. The minimum atomic E-state index is 0. The number of rotatable bonds is 3. The molecule has 0 aliphatic carbocycles. The molecule has 2 N–H and O–H groups in total. The first-order chi connectivity index (χ1) is 8.83. The molecule has 0 unspecified atom stereocenters. The normalized spacial score (nSPS) is 10.7. The number of nitrogens with one attached hydrogen (secondary N) is 2. The summed E-state index contributed by atoms with van der Waals surface area (Å²) >= 11 is 0. The van der Waals surface area contributed by atoms with Crippen molar-refractivity contribution in [3.63, 3.8) is 0 Å². The molecule has 0 amide bonds. The second-order valence-corrected chi connectivity index (χ2v) is 3.68. The van der Waals surface area contributed by atoms with E-state index in [4.69, 9.17) is 0 Å². The van der Waals surface area contributed by atoms with Crippen LogP contribution in [0.5, 0.6) is 0 Å². The quantitative estimate of drug-likeness (QED) is 0.483. The SMILES string of the molecule is CN=C(NC)NCc1ccc(-n2cncn2)cc1.I. The fraction of sp³-hybridized carbons (Fsp3) is 0.250. The maximum absolute atomic E-state index is 4.08. The zero-order chi connectivity index (χ0) is 12.8. The molecule has 2 rings (SSSR count). The lowest BCUT2D eigenvalue weighted by Crippen LogP contribution is -2.34. The first kappa shape index (κ1) is 15.4. The summed E-state index contributed by atoms with van der Waals surface area (Å²) < 4.78 is 1.73. The van der Waals surface area contributed by atoms with Gasteiger partial charge in [0.15, 0.2) is 5.96 Å². The Morgan fingerprint density at radius 3 is 2.58 bits per heavy atom. The molecule has 1 aromatic heterocycles. The summed E-state index contributed by atoms with van der Waals surface area (Å²) in [6.07, 6.45) is 3.20. The van der Waals surface area contributed by atoms with Crippen LogP contribution in [0.4, 0.5) is 0 Å². The monoisotopic (exact) mass is 372 g/mol.